The molecule has 0 aliphatic carbocycles. The summed E-state index contributed by atoms with van der Waals surface area (Å²) in [5, 5.41) is 13.7. The van der Waals surface area contributed by atoms with Crippen LogP contribution in [0.2, 0.25) is 0 Å². The molecule has 4 aromatic rings. The molecule has 0 aliphatic rings. The topological polar surface area (TPSA) is 68.9 Å². The molecule has 0 atom stereocenters. The second kappa shape index (κ2) is 6.13. The fraction of sp³-hybridized carbons (Fsp3) is 0.0625. The van der Waals surface area contributed by atoms with Crippen molar-refractivity contribution < 1.29 is 0 Å². The van der Waals surface area contributed by atoms with Crippen LogP contribution >= 0.6 is 11.8 Å². The van der Waals surface area contributed by atoms with Crippen molar-refractivity contribution in [2.45, 2.75) is 10.9 Å². The molecule has 0 fully saturated rings. The van der Waals surface area contributed by atoms with Crippen LogP contribution in [-0.2, 0) is 5.75 Å². The summed E-state index contributed by atoms with van der Waals surface area (Å²) in [5.74, 6) is 0.719. The summed E-state index contributed by atoms with van der Waals surface area (Å²) >= 11 is 1.56. The first-order valence-corrected chi connectivity index (χ1v) is 8.05. The summed E-state index contributed by atoms with van der Waals surface area (Å²) < 4.78 is 1.75. The Hall–Kier alpha value is -2.80. The third kappa shape index (κ3) is 2.91. The number of hydrogen-bond donors (Lipinski definition) is 0. The van der Waals surface area contributed by atoms with Crippen molar-refractivity contribution in [3.8, 4) is 11.4 Å². The molecule has 0 bridgehead atoms. The zero-order valence-corrected chi connectivity index (χ0v) is 12.9. The van der Waals surface area contributed by atoms with Gasteiger partial charge in [-0.3, -0.25) is 9.97 Å². The van der Waals surface area contributed by atoms with Crippen LogP contribution in [0, 0.1) is 0 Å². The lowest BCUT2D eigenvalue weighted by molar-refractivity contribution is 0.811. The molecule has 4 heterocycles. The van der Waals surface area contributed by atoms with Crippen molar-refractivity contribution in [1.82, 2.24) is 29.8 Å². The van der Waals surface area contributed by atoms with Crippen LogP contribution in [0.15, 0.2) is 66.1 Å². The quantitative estimate of drug-likeness (QED) is 0.539. The molecule has 4 rings (SSSR count). The first-order valence-electron chi connectivity index (χ1n) is 7.07. The maximum absolute atomic E-state index is 4.61. The highest BCUT2D eigenvalue weighted by Gasteiger charge is 2.10. The molecule has 0 saturated carbocycles. The molecule has 23 heavy (non-hydrogen) atoms. The van der Waals surface area contributed by atoms with Crippen LogP contribution in [-0.4, -0.2) is 29.8 Å². The van der Waals surface area contributed by atoms with Crippen LogP contribution < -0.4 is 0 Å². The Labute approximate surface area is 136 Å². The van der Waals surface area contributed by atoms with Crippen molar-refractivity contribution in [2.24, 2.45) is 0 Å². The average Bonchev–Trinajstić information content (AvgIpc) is 3.04. The Morgan fingerprint density at radius 3 is 2.48 bits per heavy atom. The molecule has 112 valence electrons. The predicted molar refractivity (Wildman–Crippen MR) is 87.8 cm³/mol. The number of rotatable bonds is 4. The Morgan fingerprint density at radius 2 is 1.70 bits per heavy atom. The average molecular weight is 320 g/mol. The fourth-order valence-electron chi connectivity index (χ4n) is 2.13. The van der Waals surface area contributed by atoms with Gasteiger partial charge in [0.05, 0.1) is 11.4 Å². The van der Waals surface area contributed by atoms with Crippen molar-refractivity contribution in [2.75, 3.05) is 0 Å². The lowest BCUT2D eigenvalue weighted by atomic mass is 10.2. The standard InChI is InChI=1S/C16H12N6S/c1-3-9-17-12(5-1)11-23-16-20-19-15-8-7-14(21-22(15)16)13-6-2-4-10-18-13/h1-10H,11H2. The van der Waals surface area contributed by atoms with Gasteiger partial charge >= 0.3 is 0 Å². The van der Waals surface area contributed by atoms with E-state index in [1.54, 1.807) is 28.7 Å². The maximum atomic E-state index is 4.61. The smallest absolute Gasteiger partial charge is 0.212 e. The first kappa shape index (κ1) is 13.8. The minimum Gasteiger partial charge on any atom is -0.260 e. The van der Waals surface area contributed by atoms with Crippen LogP contribution in [0.3, 0.4) is 0 Å². The minimum absolute atomic E-state index is 0.716. The van der Waals surface area contributed by atoms with Crippen LogP contribution in [0.5, 0.6) is 0 Å². The van der Waals surface area contributed by atoms with Crippen molar-refractivity contribution in [3.63, 3.8) is 0 Å². The molecule has 0 saturated heterocycles. The van der Waals surface area contributed by atoms with Gasteiger partial charge in [0.25, 0.3) is 0 Å². The Kier molecular flexibility index (Phi) is 3.69. The van der Waals surface area contributed by atoms with Crippen LogP contribution in [0.4, 0.5) is 0 Å². The van der Waals surface area contributed by atoms with E-state index in [9.17, 15) is 0 Å². The summed E-state index contributed by atoms with van der Waals surface area (Å²) in [6.07, 6.45) is 3.54. The summed E-state index contributed by atoms with van der Waals surface area (Å²) in [6, 6.07) is 15.4. The molecule has 0 spiro atoms. The second-order valence-corrected chi connectivity index (χ2v) is 5.74. The molecule has 0 amide bonds. The van der Waals surface area contributed by atoms with E-state index in [-0.39, 0.29) is 0 Å². The zero-order chi connectivity index (χ0) is 15.5. The van der Waals surface area contributed by atoms with E-state index in [0.29, 0.717) is 5.65 Å². The van der Waals surface area contributed by atoms with Gasteiger partial charge in [-0.25, -0.2) is 0 Å². The number of hydrogen-bond acceptors (Lipinski definition) is 6. The van der Waals surface area contributed by atoms with E-state index in [0.717, 1.165) is 28.0 Å². The molecule has 0 N–H and O–H groups in total. The highest BCUT2D eigenvalue weighted by Crippen LogP contribution is 2.21. The molecule has 6 nitrogen and oxygen atoms in total. The number of fused-ring (bicyclic) bond motifs is 1. The van der Waals surface area contributed by atoms with E-state index in [1.165, 1.54) is 0 Å². The van der Waals surface area contributed by atoms with Crippen molar-refractivity contribution >= 4 is 17.4 Å². The van der Waals surface area contributed by atoms with E-state index < -0.39 is 0 Å². The number of nitrogens with zero attached hydrogens (tertiary/aromatic N) is 6. The van der Waals surface area contributed by atoms with E-state index in [2.05, 4.69) is 25.3 Å². The Bertz CT molecular complexity index is 923. The highest BCUT2D eigenvalue weighted by atomic mass is 32.2. The SMILES string of the molecule is c1ccc(CSc2nnc3ccc(-c4ccccn4)nn23)nc1. The van der Waals surface area contributed by atoms with Crippen molar-refractivity contribution in [3.05, 3.63) is 66.6 Å². The molecular formula is C16H12N6S. The zero-order valence-electron chi connectivity index (χ0n) is 12.1. The number of thioether (sulfide) groups is 1. The van der Waals surface area contributed by atoms with Gasteiger partial charge in [-0.1, -0.05) is 23.9 Å². The molecule has 0 unspecified atom stereocenters. The van der Waals surface area contributed by atoms with Crippen LogP contribution in [0.1, 0.15) is 5.69 Å². The number of aromatic nitrogens is 6. The Balaban J connectivity index is 1.65. The van der Waals surface area contributed by atoms with Crippen molar-refractivity contribution in [1.29, 1.82) is 0 Å². The predicted octanol–water partition coefficient (Wildman–Crippen LogP) is 2.87. The van der Waals surface area contributed by atoms with E-state index >= 15 is 0 Å². The largest absolute Gasteiger partial charge is 0.260 e. The number of pyridine rings is 2. The minimum atomic E-state index is 0.716. The highest BCUT2D eigenvalue weighted by molar-refractivity contribution is 7.98. The molecule has 0 aliphatic heterocycles. The lowest BCUT2D eigenvalue weighted by Gasteiger charge is -2.02. The van der Waals surface area contributed by atoms with Gasteiger partial charge in [-0.15, -0.1) is 10.2 Å². The lowest BCUT2D eigenvalue weighted by Crippen LogP contribution is -1.97. The van der Waals surface area contributed by atoms with Gasteiger partial charge in [0.2, 0.25) is 5.16 Å². The molecule has 4 aromatic heterocycles. The Morgan fingerprint density at radius 1 is 0.826 bits per heavy atom. The maximum Gasteiger partial charge on any atom is 0.212 e. The normalized spacial score (nSPS) is 11.0. The van der Waals surface area contributed by atoms with Gasteiger partial charge < -0.3 is 0 Å². The first-order chi connectivity index (χ1) is 11.4. The third-order valence-corrected chi connectivity index (χ3v) is 4.19. The summed E-state index contributed by atoms with van der Waals surface area (Å²) in [5.41, 5.74) is 3.32. The molecule has 0 aromatic carbocycles. The summed E-state index contributed by atoms with van der Waals surface area (Å²) in [7, 11) is 0. The third-order valence-electron chi connectivity index (χ3n) is 3.24. The summed E-state index contributed by atoms with van der Waals surface area (Å²) in [4.78, 5) is 8.64. The molecular weight excluding hydrogens is 308 g/mol. The van der Waals surface area contributed by atoms with Gasteiger partial charge in [-0.2, -0.15) is 9.61 Å². The van der Waals surface area contributed by atoms with Gasteiger partial charge in [-0.05, 0) is 36.4 Å². The monoisotopic (exact) mass is 320 g/mol. The van der Waals surface area contributed by atoms with Gasteiger partial charge in [0, 0.05) is 18.1 Å². The fourth-order valence-corrected chi connectivity index (χ4v) is 2.94. The van der Waals surface area contributed by atoms with E-state index in [1.807, 2.05) is 48.5 Å². The van der Waals surface area contributed by atoms with Crippen LogP contribution in [0.25, 0.3) is 17.0 Å². The summed E-state index contributed by atoms with van der Waals surface area (Å²) in [6.45, 7) is 0. The van der Waals surface area contributed by atoms with E-state index in [4.69, 9.17) is 0 Å². The van der Waals surface area contributed by atoms with Gasteiger partial charge in [0.1, 0.15) is 5.69 Å². The second-order valence-electron chi connectivity index (χ2n) is 4.80. The molecule has 7 heteroatoms. The van der Waals surface area contributed by atoms with Gasteiger partial charge in [0.15, 0.2) is 5.65 Å². The molecule has 0 radical (unpaired) electrons.